The molecule has 0 spiro atoms. The molecule has 0 N–H and O–H groups in total. The van der Waals surface area contributed by atoms with E-state index in [0.29, 0.717) is 13.2 Å². The van der Waals surface area contributed by atoms with Crippen molar-refractivity contribution in [3.63, 3.8) is 0 Å². The first-order valence-electron chi connectivity index (χ1n) is 2.14. The third-order valence-electron chi connectivity index (χ3n) is 0.716. The Kier molecular flexibility index (Phi) is 10.2. The summed E-state index contributed by atoms with van der Waals surface area (Å²) in [6.07, 6.45) is 0. The van der Waals surface area contributed by atoms with Crippen LogP contribution in [0.2, 0.25) is 0 Å². The molecule has 0 radical (unpaired) electrons. The predicted molar refractivity (Wildman–Crippen MR) is 30.4 cm³/mol. The Morgan fingerprint density at radius 1 is 0.900 bits per heavy atom. The minimum atomic E-state index is 0. The average Bonchev–Trinajstić information content (AvgIpc) is 1.77. The summed E-state index contributed by atoms with van der Waals surface area (Å²) in [5.74, 6) is 0. The first-order valence-corrected chi connectivity index (χ1v) is 3.86. The zero-order valence-corrected chi connectivity index (χ0v) is 9.47. The van der Waals surface area contributed by atoms with Gasteiger partial charge in [-0.15, -0.1) is 0 Å². The average molecular weight is 256 g/mol. The van der Waals surface area contributed by atoms with Crippen LogP contribution in [0.1, 0.15) is 0 Å². The molecule has 0 saturated heterocycles. The zero-order chi connectivity index (χ0) is 5.98. The van der Waals surface area contributed by atoms with Crippen LogP contribution in [0.25, 0.3) is 0 Å². The first kappa shape index (κ1) is 14.1. The van der Waals surface area contributed by atoms with Gasteiger partial charge in [0.15, 0.2) is 0 Å². The summed E-state index contributed by atoms with van der Waals surface area (Å²) in [4.78, 5) is 0. The Bertz CT molecular complexity index is 114. The summed E-state index contributed by atoms with van der Waals surface area (Å²) in [6, 6.07) is 0. The molecular weight excluding hydrogens is 252 g/mol. The van der Waals surface area contributed by atoms with Crippen LogP contribution in [0.3, 0.4) is 0 Å². The molecule has 0 aromatic heterocycles. The van der Waals surface area contributed by atoms with Crippen LogP contribution >= 0.6 is 0 Å². The van der Waals surface area contributed by atoms with Crippen molar-refractivity contribution in [2.45, 2.75) is 0 Å². The van der Waals surface area contributed by atoms with Crippen molar-refractivity contribution in [3.05, 3.63) is 9.32 Å². The van der Waals surface area contributed by atoms with Gasteiger partial charge in [0.25, 0.3) is 0 Å². The van der Waals surface area contributed by atoms with E-state index in [0.717, 1.165) is 9.32 Å². The van der Waals surface area contributed by atoms with Gasteiger partial charge in [-0.25, -0.2) is 0 Å². The minimum absolute atomic E-state index is 0. The monoisotopic (exact) mass is 258 g/mol. The van der Waals surface area contributed by atoms with Crippen molar-refractivity contribution < 1.29 is 47.2 Å². The summed E-state index contributed by atoms with van der Waals surface area (Å²) >= 11 is 5.46. The van der Waals surface area contributed by atoms with E-state index in [1.165, 1.54) is 0 Å². The first-order chi connectivity index (χ1) is 3.80. The van der Waals surface area contributed by atoms with E-state index in [4.69, 9.17) is 9.47 Å². The van der Waals surface area contributed by atoms with E-state index in [2.05, 4.69) is 32.0 Å². The van der Waals surface area contributed by atoms with Gasteiger partial charge in [-0.2, -0.15) is 0 Å². The van der Waals surface area contributed by atoms with Crippen molar-refractivity contribution in [2.24, 2.45) is 0 Å². The Balaban J connectivity index is 0. The zero-order valence-electron chi connectivity index (χ0n) is 6.05. The Morgan fingerprint density at radius 3 is 1.40 bits per heavy atom. The van der Waals surface area contributed by atoms with E-state index in [1.54, 1.807) is 0 Å². The van der Waals surface area contributed by atoms with Crippen molar-refractivity contribution in [1.82, 2.24) is 0 Å². The van der Waals surface area contributed by atoms with Gasteiger partial charge < -0.3 is 0 Å². The van der Waals surface area contributed by atoms with Gasteiger partial charge in [-0.3, -0.25) is 0 Å². The fraction of sp³-hybridized carbons (Fsp3) is 0.500. The van der Waals surface area contributed by atoms with Gasteiger partial charge in [0.1, 0.15) is 0 Å². The maximum absolute atomic E-state index is 5.06. The third-order valence-corrected chi connectivity index (χ3v) is 2.64. The molecule has 10 heavy (non-hydrogen) atoms. The summed E-state index contributed by atoms with van der Waals surface area (Å²) in [7, 11) is 0. The van der Waals surface area contributed by atoms with E-state index < -0.39 is 0 Å². The molecule has 0 aliphatic carbocycles. The second kappa shape index (κ2) is 7.24. The van der Waals surface area contributed by atoms with Crippen LogP contribution in [0.15, 0.2) is 9.32 Å². The normalized spacial score (nSPS) is 15.6. The molecule has 0 aromatic rings. The van der Waals surface area contributed by atoms with Crippen LogP contribution in [0.4, 0.5) is 0 Å². The second-order valence-corrected chi connectivity index (χ2v) is 2.83. The predicted octanol–water partition coefficient (Wildman–Crippen LogP) is -6.50. The van der Waals surface area contributed by atoms with Gasteiger partial charge in [-0.1, -0.05) is 0 Å². The van der Waals surface area contributed by atoms with E-state index in [1.807, 2.05) is 0 Å². The Hall–Kier alpha value is 1.57. The number of hydrogen-bond acceptors (Lipinski definition) is 2. The molecule has 0 unspecified atom stereocenters. The molecule has 0 aromatic carbocycles. The van der Waals surface area contributed by atoms with Gasteiger partial charge in [-0.05, 0) is 0 Å². The molecule has 0 atom stereocenters. The molecule has 6 heteroatoms. The standard InChI is InChI=1S/C4H6O2Se2.2Li/c7-3-4(8)6-2-1-5-3;;/h7-8H,1-2H2;;/q;2*+1/p-2. The Labute approximate surface area is 101 Å². The van der Waals surface area contributed by atoms with Crippen molar-refractivity contribution >= 4 is 32.0 Å². The number of ether oxygens (including phenoxy) is 2. The molecule has 1 heterocycles. The van der Waals surface area contributed by atoms with Crippen LogP contribution in [0.5, 0.6) is 0 Å². The van der Waals surface area contributed by atoms with Crippen molar-refractivity contribution in [1.29, 1.82) is 0 Å². The maximum atomic E-state index is 5.06. The molecule has 1 rings (SSSR count). The number of rotatable bonds is 0. The van der Waals surface area contributed by atoms with Crippen molar-refractivity contribution in [2.75, 3.05) is 13.2 Å². The SMILES string of the molecule is [Li+].[Li+].[Se-]C1=C([Se-])OCCO1. The van der Waals surface area contributed by atoms with Gasteiger partial charge in [0.05, 0.1) is 0 Å². The molecule has 46 valence electrons. The van der Waals surface area contributed by atoms with E-state index in [-0.39, 0.29) is 37.7 Å². The summed E-state index contributed by atoms with van der Waals surface area (Å²) in [6.45, 7) is 1.29. The fourth-order valence-electron chi connectivity index (χ4n) is 0.387. The molecule has 0 fully saturated rings. The van der Waals surface area contributed by atoms with Crippen LogP contribution in [-0.4, -0.2) is 45.2 Å². The van der Waals surface area contributed by atoms with Crippen molar-refractivity contribution in [3.8, 4) is 0 Å². The van der Waals surface area contributed by atoms with Crippen LogP contribution in [0, 0.1) is 0 Å². The van der Waals surface area contributed by atoms with Crippen LogP contribution < -0.4 is 37.7 Å². The summed E-state index contributed by atoms with van der Waals surface area (Å²) < 4.78 is 11.6. The van der Waals surface area contributed by atoms with E-state index in [9.17, 15) is 0 Å². The Morgan fingerprint density at radius 2 is 1.20 bits per heavy atom. The summed E-state index contributed by atoms with van der Waals surface area (Å²) in [5.41, 5.74) is 0. The second-order valence-electron chi connectivity index (χ2n) is 1.27. The quantitative estimate of drug-likeness (QED) is 0.401. The van der Waals surface area contributed by atoms with Gasteiger partial charge >= 0.3 is 102 Å². The molecule has 2 nitrogen and oxygen atoms in total. The molecule has 1 aliphatic heterocycles. The van der Waals surface area contributed by atoms with Gasteiger partial charge in [0.2, 0.25) is 0 Å². The fourth-order valence-corrected chi connectivity index (χ4v) is 0.984. The summed E-state index contributed by atoms with van der Waals surface area (Å²) in [5, 5.41) is 0. The van der Waals surface area contributed by atoms with E-state index >= 15 is 0 Å². The number of hydrogen-bond donors (Lipinski definition) is 0. The van der Waals surface area contributed by atoms with Crippen LogP contribution in [-0.2, 0) is 9.47 Å². The topological polar surface area (TPSA) is 18.5 Å². The molecule has 0 bridgehead atoms. The molecule has 0 amide bonds. The van der Waals surface area contributed by atoms with Gasteiger partial charge in [0, 0.05) is 0 Å². The molecule has 1 aliphatic rings. The molecule has 0 saturated carbocycles. The third kappa shape index (κ3) is 4.45. The molecular formula is C4H4Li2O2Se2.